The summed E-state index contributed by atoms with van der Waals surface area (Å²) in [7, 11) is 0. The SMILES string of the molecule is CCC1C=COC(=O)N=C1Cc1ccc(-c2nc3ccccc3s2)cc1. The van der Waals surface area contributed by atoms with Crippen LogP contribution < -0.4 is 0 Å². The van der Waals surface area contributed by atoms with Crippen LogP contribution in [0.3, 0.4) is 0 Å². The Bertz CT molecular complexity index is 969. The van der Waals surface area contributed by atoms with Crippen LogP contribution in [-0.4, -0.2) is 16.8 Å². The molecule has 0 saturated carbocycles. The fraction of sp³-hybridized carbons (Fsp3) is 0.190. The third-order valence-electron chi connectivity index (χ3n) is 4.46. The summed E-state index contributed by atoms with van der Waals surface area (Å²) >= 11 is 1.69. The molecule has 1 unspecified atom stereocenters. The molecule has 26 heavy (non-hydrogen) atoms. The van der Waals surface area contributed by atoms with Crippen LogP contribution in [0.2, 0.25) is 0 Å². The second-order valence-corrected chi connectivity index (χ2v) is 7.22. The first-order valence-corrected chi connectivity index (χ1v) is 9.44. The zero-order chi connectivity index (χ0) is 17.9. The lowest BCUT2D eigenvalue weighted by Crippen LogP contribution is -2.15. The number of thiazole rings is 1. The minimum atomic E-state index is -0.543. The van der Waals surface area contributed by atoms with Crippen molar-refractivity contribution in [1.29, 1.82) is 0 Å². The molecular weight excluding hydrogens is 344 g/mol. The van der Waals surface area contributed by atoms with Crippen molar-refractivity contribution >= 4 is 33.4 Å². The lowest BCUT2D eigenvalue weighted by molar-refractivity contribution is 0.197. The monoisotopic (exact) mass is 362 g/mol. The van der Waals surface area contributed by atoms with Gasteiger partial charge < -0.3 is 4.74 Å². The fourth-order valence-electron chi connectivity index (χ4n) is 3.04. The number of allylic oxidation sites excluding steroid dienone is 1. The van der Waals surface area contributed by atoms with Crippen molar-refractivity contribution in [2.24, 2.45) is 10.9 Å². The topological polar surface area (TPSA) is 51.5 Å². The van der Waals surface area contributed by atoms with Crippen molar-refractivity contribution in [2.45, 2.75) is 19.8 Å². The molecule has 0 saturated heterocycles. The number of nitrogens with zero attached hydrogens (tertiary/aromatic N) is 2. The molecule has 3 aromatic rings. The first kappa shape index (κ1) is 16.7. The molecule has 0 aliphatic carbocycles. The van der Waals surface area contributed by atoms with E-state index >= 15 is 0 Å². The van der Waals surface area contributed by atoms with Crippen molar-refractivity contribution in [3.05, 3.63) is 66.4 Å². The minimum absolute atomic E-state index is 0.130. The quantitative estimate of drug-likeness (QED) is 0.604. The Labute approximate surface area is 155 Å². The molecule has 0 N–H and O–H groups in total. The van der Waals surface area contributed by atoms with Gasteiger partial charge in [-0.1, -0.05) is 43.3 Å². The number of benzene rings is 2. The van der Waals surface area contributed by atoms with E-state index in [-0.39, 0.29) is 5.92 Å². The van der Waals surface area contributed by atoms with E-state index in [9.17, 15) is 4.79 Å². The summed E-state index contributed by atoms with van der Waals surface area (Å²) in [4.78, 5) is 20.4. The highest BCUT2D eigenvalue weighted by Crippen LogP contribution is 2.30. The van der Waals surface area contributed by atoms with Crippen LogP contribution >= 0.6 is 11.3 Å². The van der Waals surface area contributed by atoms with Crippen molar-refractivity contribution < 1.29 is 9.53 Å². The molecule has 5 heteroatoms. The van der Waals surface area contributed by atoms with Crippen molar-refractivity contribution in [3.63, 3.8) is 0 Å². The Morgan fingerprint density at radius 1 is 1.12 bits per heavy atom. The molecule has 2 heterocycles. The Balaban J connectivity index is 1.57. The highest BCUT2D eigenvalue weighted by atomic mass is 32.1. The van der Waals surface area contributed by atoms with Gasteiger partial charge in [-0.3, -0.25) is 0 Å². The van der Waals surface area contributed by atoms with Crippen LogP contribution in [0.4, 0.5) is 4.79 Å². The number of hydrogen-bond donors (Lipinski definition) is 0. The predicted octanol–water partition coefficient (Wildman–Crippen LogP) is 5.64. The molecule has 0 bridgehead atoms. The third kappa shape index (κ3) is 3.44. The maximum atomic E-state index is 11.6. The van der Waals surface area contributed by atoms with Crippen LogP contribution in [0.1, 0.15) is 18.9 Å². The molecule has 1 aliphatic heterocycles. The number of para-hydroxylation sites is 1. The van der Waals surface area contributed by atoms with Crippen LogP contribution in [-0.2, 0) is 11.2 Å². The van der Waals surface area contributed by atoms with E-state index < -0.39 is 6.09 Å². The Morgan fingerprint density at radius 2 is 1.92 bits per heavy atom. The zero-order valence-corrected chi connectivity index (χ0v) is 15.2. The number of rotatable bonds is 4. The number of ether oxygens (including phenoxy) is 1. The van der Waals surface area contributed by atoms with E-state index in [1.165, 1.54) is 11.0 Å². The van der Waals surface area contributed by atoms with Gasteiger partial charge in [0.2, 0.25) is 0 Å². The van der Waals surface area contributed by atoms with E-state index in [4.69, 9.17) is 9.72 Å². The molecule has 1 aromatic heterocycles. The van der Waals surface area contributed by atoms with E-state index in [1.807, 2.05) is 24.3 Å². The van der Waals surface area contributed by atoms with Gasteiger partial charge in [0.15, 0.2) is 0 Å². The first-order valence-electron chi connectivity index (χ1n) is 8.62. The fourth-order valence-corrected chi connectivity index (χ4v) is 4.01. The molecule has 0 radical (unpaired) electrons. The summed E-state index contributed by atoms with van der Waals surface area (Å²) < 4.78 is 6.09. The summed E-state index contributed by atoms with van der Waals surface area (Å²) in [6.07, 6.45) is 4.33. The predicted molar refractivity (Wildman–Crippen MR) is 106 cm³/mol. The zero-order valence-electron chi connectivity index (χ0n) is 14.4. The van der Waals surface area contributed by atoms with Crippen LogP contribution in [0, 0.1) is 5.92 Å². The number of aliphatic imine (C=N–C) groups is 1. The van der Waals surface area contributed by atoms with Crippen LogP contribution in [0.25, 0.3) is 20.8 Å². The second kappa shape index (κ2) is 7.22. The van der Waals surface area contributed by atoms with E-state index in [2.05, 4.69) is 42.2 Å². The Kier molecular flexibility index (Phi) is 4.63. The van der Waals surface area contributed by atoms with Gasteiger partial charge in [-0.25, -0.2) is 9.78 Å². The van der Waals surface area contributed by atoms with Gasteiger partial charge in [-0.15, -0.1) is 11.3 Å². The van der Waals surface area contributed by atoms with Gasteiger partial charge in [0.1, 0.15) is 5.01 Å². The third-order valence-corrected chi connectivity index (χ3v) is 5.55. The van der Waals surface area contributed by atoms with E-state index in [0.717, 1.165) is 33.8 Å². The standard InChI is InChI=1S/C21H18N2O2S/c1-2-15-11-12-25-21(24)23-18(15)13-14-7-9-16(10-8-14)20-22-17-5-3-4-6-19(17)26-20/h3-12,15H,2,13H2,1H3. The molecule has 0 fully saturated rings. The Hall–Kier alpha value is -2.79. The van der Waals surface area contributed by atoms with Gasteiger partial charge in [-0.05, 0) is 30.2 Å². The molecule has 0 spiro atoms. The molecule has 130 valence electrons. The van der Waals surface area contributed by atoms with Crippen molar-refractivity contribution in [1.82, 2.24) is 4.98 Å². The number of carbonyl (C=O) groups is 1. The molecule has 4 nitrogen and oxygen atoms in total. The normalized spacial score (nSPS) is 17.0. The number of cyclic esters (lactones) is 1. The lowest BCUT2D eigenvalue weighted by atomic mass is 9.94. The van der Waals surface area contributed by atoms with Gasteiger partial charge in [0, 0.05) is 23.6 Å². The molecule has 4 rings (SSSR count). The van der Waals surface area contributed by atoms with E-state index in [1.54, 1.807) is 11.3 Å². The van der Waals surface area contributed by atoms with Crippen molar-refractivity contribution in [3.8, 4) is 10.6 Å². The second-order valence-electron chi connectivity index (χ2n) is 6.19. The summed E-state index contributed by atoms with van der Waals surface area (Å²) in [6.45, 7) is 2.08. The smallest absolute Gasteiger partial charge is 0.417 e. The maximum absolute atomic E-state index is 11.6. The maximum Gasteiger partial charge on any atom is 0.438 e. The lowest BCUT2D eigenvalue weighted by Gasteiger charge is -2.12. The molecule has 2 aromatic carbocycles. The average Bonchev–Trinajstić information content (AvgIpc) is 3.01. The molecule has 1 aliphatic rings. The van der Waals surface area contributed by atoms with Crippen LogP contribution in [0.15, 0.2) is 65.9 Å². The van der Waals surface area contributed by atoms with Crippen molar-refractivity contribution in [2.75, 3.05) is 0 Å². The first-order chi connectivity index (χ1) is 12.7. The number of carbonyl (C=O) groups excluding carboxylic acids is 1. The molecular formula is C21H18N2O2S. The summed E-state index contributed by atoms with van der Waals surface area (Å²) in [5.74, 6) is 0.130. The van der Waals surface area contributed by atoms with E-state index in [0.29, 0.717) is 6.42 Å². The Morgan fingerprint density at radius 3 is 2.69 bits per heavy atom. The average molecular weight is 362 g/mol. The number of aromatic nitrogens is 1. The van der Waals surface area contributed by atoms with Gasteiger partial charge in [0.25, 0.3) is 0 Å². The highest BCUT2D eigenvalue weighted by molar-refractivity contribution is 7.21. The molecule has 1 amide bonds. The minimum Gasteiger partial charge on any atom is -0.417 e. The summed E-state index contributed by atoms with van der Waals surface area (Å²) in [5, 5.41) is 1.02. The van der Waals surface area contributed by atoms with Crippen LogP contribution in [0.5, 0.6) is 0 Å². The molecule has 1 atom stereocenters. The van der Waals surface area contributed by atoms with Gasteiger partial charge >= 0.3 is 6.09 Å². The summed E-state index contributed by atoms with van der Waals surface area (Å²) in [5.41, 5.74) is 4.10. The number of hydrogen-bond acceptors (Lipinski definition) is 4. The number of fused-ring (bicyclic) bond motifs is 1. The number of amides is 1. The van der Waals surface area contributed by atoms with Gasteiger partial charge in [0.05, 0.1) is 16.5 Å². The summed E-state index contributed by atoms with van der Waals surface area (Å²) in [6, 6.07) is 16.5. The van der Waals surface area contributed by atoms with Gasteiger partial charge in [-0.2, -0.15) is 4.99 Å². The largest absolute Gasteiger partial charge is 0.438 e. The highest BCUT2D eigenvalue weighted by Gasteiger charge is 2.17.